The third-order valence-electron chi connectivity index (χ3n) is 3.53. The van der Waals surface area contributed by atoms with Crippen molar-refractivity contribution in [2.24, 2.45) is 11.7 Å². The van der Waals surface area contributed by atoms with Crippen molar-refractivity contribution in [3.63, 3.8) is 0 Å². The zero-order valence-electron chi connectivity index (χ0n) is 15.3. The fraction of sp³-hybridized carbons (Fsp3) is 0.667. The Kier molecular flexibility index (Phi) is 10.4. The van der Waals surface area contributed by atoms with Crippen LogP contribution in [0.3, 0.4) is 0 Å². The zero-order chi connectivity index (χ0) is 21.3. The molecule has 0 radical (unpaired) electrons. The number of carbonyl (C=O) groups excluding carboxylic acids is 3. The molecule has 0 heterocycles. The lowest BCUT2D eigenvalue weighted by molar-refractivity contribution is -0.141. The quantitative estimate of drug-likeness (QED) is 0.191. The van der Waals surface area contributed by atoms with E-state index in [-0.39, 0.29) is 11.7 Å². The van der Waals surface area contributed by atoms with Crippen molar-refractivity contribution in [3.8, 4) is 0 Å². The Hall–Kier alpha value is -2.34. The van der Waals surface area contributed by atoms with Crippen molar-refractivity contribution < 1.29 is 34.2 Å². The summed E-state index contributed by atoms with van der Waals surface area (Å²) in [5, 5.41) is 24.5. The van der Waals surface area contributed by atoms with Crippen molar-refractivity contribution in [3.05, 3.63) is 0 Å². The van der Waals surface area contributed by atoms with E-state index < -0.39 is 60.2 Å². The topological polar surface area (TPSA) is 188 Å². The molecule has 4 atom stereocenters. The summed E-state index contributed by atoms with van der Waals surface area (Å²) < 4.78 is 0. The summed E-state index contributed by atoms with van der Waals surface area (Å²) >= 11 is 3.82. The summed E-state index contributed by atoms with van der Waals surface area (Å²) in [5.74, 6) is -5.28. The minimum absolute atomic E-state index is 0.131. The normalized spacial score (nSPS) is 15.2. The number of carboxylic acid groups (broad SMARTS) is 2. The number of rotatable bonds is 11. The van der Waals surface area contributed by atoms with E-state index in [0.29, 0.717) is 0 Å². The minimum Gasteiger partial charge on any atom is -0.481 e. The van der Waals surface area contributed by atoms with Crippen molar-refractivity contribution >= 4 is 42.3 Å². The van der Waals surface area contributed by atoms with Gasteiger partial charge >= 0.3 is 11.9 Å². The van der Waals surface area contributed by atoms with E-state index in [2.05, 4.69) is 28.6 Å². The fourth-order valence-electron chi connectivity index (χ4n) is 1.93. The van der Waals surface area contributed by atoms with Gasteiger partial charge in [-0.15, -0.1) is 0 Å². The molecule has 4 unspecified atom stereocenters. The van der Waals surface area contributed by atoms with Crippen LogP contribution in [0.25, 0.3) is 0 Å². The SMILES string of the molecule is CC(NC(=O)C(NC(=O)C(N)CC(=O)O)C(C)C)C(=O)NC(CS)C(=O)O. The van der Waals surface area contributed by atoms with Crippen LogP contribution in [0.5, 0.6) is 0 Å². The second-order valence-electron chi connectivity index (χ2n) is 6.25. The van der Waals surface area contributed by atoms with Gasteiger partial charge in [0, 0.05) is 5.75 Å². The van der Waals surface area contributed by atoms with Crippen molar-refractivity contribution in [1.82, 2.24) is 16.0 Å². The number of amides is 3. The Morgan fingerprint density at radius 3 is 1.89 bits per heavy atom. The van der Waals surface area contributed by atoms with Gasteiger partial charge in [-0.1, -0.05) is 13.8 Å². The van der Waals surface area contributed by atoms with Gasteiger partial charge in [-0.25, -0.2) is 4.79 Å². The van der Waals surface area contributed by atoms with Crippen LogP contribution in [0.4, 0.5) is 0 Å². The standard InChI is InChI=1S/C15H26N4O7S/c1-6(2)11(19-13(23)8(16)4-10(20)21)14(24)17-7(3)12(22)18-9(5-27)15(25)26/h6-9,11,27H,4-5,16H2,1-3H3,(H,17,24)(H,18,22)(H,19,23)(H,20,21)(H,25,26). The highest BCUT2D eigenvalue weighted by Gasteiger charge is 2.30. The van der Waals surface area contributed by atoms with E-state index in [9.17, 15) is 24.0 Å². The molecule has 0 aliphatic rings. The van der Waals surface area contributed by atoms with E-state index in [4.69, 9.17) is 15.9 Å². The van der Waals surface area contributed by atoms with Crippen LogP contribution >= 0.6 is 12.6 Å². The average Bonchev–Trinajstić information content (AvgIpc) is 2.55. The summed E-state index contributed by atoms with van der Waals surface area (Å²) in [6, 6.07) is -4.68. The highest BCUT2D eigenvalue weighted by molar-refractivity contribution is 7.80. The van der Waals surface area contributed by atoms with Gasteiger partial charge in [-0.05, 0) is 12.8 Å². The number of carbonyl (C=O) groups is 5. The Labute approximate surface area is 161 Å². The lowest BCUT2D eigenvalue weighted by atomic mass is 10.0. The largest absolute Gasteiger partial charge is 0.481 e. The predicted octanol–water partition coefficient (Wildman–Crippen LogP) is -2.07. The molecule has 11 nitrogen and oxygen atoms in total. The highest BCUT2D eigenvalue weighted by atomic mass is 32.1. The van der Waals surface area contributed by atoms with Crippen LogP contribution in [0, 0.1) is 5.92 Å². The third-order valence-corrected chi connectivity index (χ3v) is 3.89. The molecule has 0 rings (SSSR count). The molecule has 7 N–H and O–H groups in total. The Morgan fingerprint density at radius 2 is 1.48 bits per heavy atom. The molecular weight excluding hydrogens is 380 g/mol. The Bertz CT molecular complexity index is 585. The lowest BCUT2D eigenvalue weighted by Crippen LogP contribution is -2.58. The van der Waals surface area contributed by atoms with E-state index >= 15 is 0 Å². The van der Waals surface area contributed by atoms with E-state index in [1.54, 1.807) is 13.8 Å². The van der Waals surface area contributed by atoms with Crippen LogP contribution in [0.2, 0.25) is 0 Å². The monoisotopic (exact) mass is 406 g/mol. The first-order valence-electron chi connectivity index (χ1n) is 8.12. The van der Waals surface area contributed by atoms with Gasteiger partial charge in [-0.2, -0.15) is 12.6 Å². The molecule has 0 bridgehead atoms. The van der Waals surface area contributed by atoms with Crippen LogP contribution in [0.15, 0.2) is 0 Å². The third kappa shape index (κ3) is 8.73. The molecular formula is C15H26N4O7S. The summed E-state index contributed by atoms with van der Waals surface area (Å²) in [7, 11) is 0. The van der Waals surface area contributed by atoms with Gasteiger partial charge < -0.3 is 31.9 Å². The average molecular weight is 406 g/mol. The van der Waals surface area contributed by atoms with Gasteiger partial charge in [0.2, 0.25) is 17.7 Å². The van der Waals surface area contributed by atoms with Crippen LogP contribution in [0.1, 0.15) is 27.2 Å². The number of hydrogen-bond donors (Lipinski definition) is 7. The lowest BCUT2D eigenvalue weighted by Gasteiger charge is -2.25. The Morgan fingerprint density at radius 1 is 0.926 bits per heavy atom. The molecule has 27 heavy (non-hydrogen) atoms. The molecule has 0 spiro atoms. The first-order chi connectivity index (χ1) is 12.4. The molecule has 0 aromatic heterocycles. The predicted molar refractivity (Wildman–Crippen MR) is 98.0 cm³/mol. The van der Waals surface area contributed by atoms with E-state index in [1.807, 2.05) is 0 Å². The maximum Gasteiger partial charge on any atom is 0.327 e. The van der Waals surface area contributed by atoms with Gasteiger partial charge in [-0.3, -0.25) is 19.2 Å². The first-order valence-corrected chi connectivity index (χ1v) is 8.76. The molecule has 154 valence electrons. The maximum absolute atomic E-state index is 12.4. The number of nitrogens with one attached hydrogen (secondary N) is 3. The molecule has 0 saturated carbocycles. The minimum atomic E-state index is -1.33. The van der Waals surface area contributed by atoms with Gasteiger partial charge in [0.1, 0.15) is 18.1 Å². The number of hydrogen-bond acceptors (Lipinski definition) is 7. The van der Waals surface area contributed by atoms with E-state index in [1.165, 1.54) is 6.92 Å². The van der Waals surface area contributed by atoms with Crippen molar-refractivity contribution in [1.29, 1.82) is 0 Å². The van der Waals surface area contributed by atoms with Crippen molar-refractivity contribution in [2.75, 3.05) is 5.75 Å². The fourth-order valence-corrected chi connectivity index (χ4v) is 2.17. The summed E-state index contributed by atoms with van der Waals surface area (Å²) in [6.45, 7) is 4.62. The van der Waals surface area contributed by atoms with Gasteiger partial charge in [0.25, 0.3) is 0 Å². The highest BCUT2D eigenvalue weighted by Crippen LogP contribution is 2.04. The Balaban J connectivity index is 4.92. The number of thiol groups is 1. The second kappa shape index (κ2) is 11.4. The number of carboxylic acids is 2. The number of aliphatic carboxylic acids is 2. The molecule has 0 aromatic carbocycles. The maximum atomic E-state index is 12.4. The van der Waals surface area contributed by atoms with Crippen LogP contribution in [-0.4, -0.2) is 69.8 Å². The van der Waals surface area contributed by atoms with Crippen molar-refractivity contribution in [2.45, 2.75) is 51.4 Å². The smallest absolute Gasteiger partial charge is 0.327 e. The number of nitrogens with two attached hydrogens (primary N) is 1. The molecule has 3 amide bonds. The van der Waals surface area contributed by atoms with Crippen LogP contribution < -0.4 is 21.7 Å². The molecule has 0 aliphatic heterocycles. The van der Waals surface area contributed by atoms with Gasteiger partial charge in [0.15, 0.2) is 0 Å². The van der Waals surface area contributed by atoms with Gasteiger partial charge in [0.05, 0.1) is 12.5 Å². The molecule has 0 aliphatic carbocycles. The summed E-state index contributed by atoms with van der Waals surface area (Å²) in [4.78, 5) is 57.9. The van der Waals surface area contributed by atoms with Crippen LogP contribution in [-0.2, 0) is 24.0 Å². The molecule has 0 aromatic rings. The molecule has 0 fully saturated rings. The first kappa shape index (κ1) is 24.7. The summed E-state index contributed by atoms with van der Waals surface area (Å²) in [6.07, 6.45) is -0.600. The summed E-state index contributed by atoms with van der Waals surface area (Å²) in [5.41, 5.74) is 5.46. The molecule has 0 saturated heterocycles. The molecule has 12 heteroatoms. The zero-order valence-corrected chi connectivity index (χ0v) is 16.2. The second-order valence-corrected chi connectivity index (χ2v) is 6.61. The van der Waals surface area contributed by atoms with E-state index in [0.717, 1.165) is 0 Å².